The van der Waals surface area contributed by atoms with Crippen LogP contribution >= 0.6 is 0 Å². The maximum absolute atomic E-state index is 13.7. The van der Waals surface area contributed by atoms with Gasteiger partial charge in [0.2, 0.25) is 5.27 Å². The van der Waals surface area contributed by atoms with Gasteiger partial charge in [-0.05, 0) is 86.1 Å². The van der Waals surface area contributed by atoms with E-state index in [4.69, 9.17) is 4.52 Å². The highest BCUT2D eigenvalue weighted by Gasteiger charge is 2.32. The lowest BCUT2D eigenvalue weighted by Gasteiger charge is -2.26. The number of amides is 2. The molecule has 0 atom stereocenters. The summed E-state index contributed by atoms with van der Waals surface area (Å²) in [7, 11) is 6.03. The molecule has 2 amide bonds. The van der Waals surface area contributed by atoms with Crippen LogP contribution < -0.4 is 20.4 Å². The summed E-state index contributed by atoms with van der Waals surface area (Å²) in [5.74, 6) is 0.105. The van der Waals surface area contributed by atoms with Gasteiger partial charge in [0.05, 0.1) is 11.3 Å². The average molecular weight is 612 g/mol. The number of para-hydroxylation sites is 1. The fourth-order valence-electron chi connectivity index (χ4n) is 5.85. The second-order valence-electron chi connectivity index (χ2n) is 11.6. The number of aromatic nitrogens is 3. The monoisotopic (exact) mass is 611 g/mol. The number of aryl methyl sites for hydroxylation is 2. The Kier molecular flexibility index (Phi) is 9.23. The third-order valence-electron chi connectivity index (χ3n) is 7.88. The molecule has 10 nitrogen and oxygen atoms in total. The second-order valence-corrected chi connectivity index (χ2v) is 11.6. The van der Waals surface area contributed by atoms with Crippen LogP contribution in [0.3, 0.4) is 0 Å². The van der Waals surface area contributed by atoms with Gasteiger partial charge in [-0.25, -0.2) is 4.79 Å². The summed E-state index contributed by atoms with van der Waals surface area (Å²) < 4.78 is 49.9. The molecule has 5 rings (SSSR count). The molecule has 2 aromatic heterocycles. The number of halogens is 3. The molecular formula is C31H36F3N7O3. The van der Waals surface area contributed by atoms with E-state index in [0.29, 0.717) is 12.3 Å². The third-order valence-corrected chi connectivity index (χ3v) is 7.88. The Hall–Kier alpha value is -4.39. The molecular weight excluding hydrogens is 575 g/mol. The van der Waals surface area contributed by atoms with Gasteiger partial charge in [0.1, 0.15) is 0 Å². The Morgan fingerprint density at radius 3 is 2.64 bits per heavy atom. The van der Waals surface area contributed by atoms with E-state index in [9.17, 15) is 23.1 Å². The van der Waals surface area contributed by atoms with Gasteiger partial charge in [0, 0.05) is 49.2 Å². The number of carbonyl (C=O) groups is 1. The van der Waals surface area contributed by atoms with Gasteiger partial charge in [-0.15, -0.1) is 0 Å². The molecule has 1 fully saturated rings. The van der Waals surface area contributed by atoms with Crippen LogP contribution in [0.1, 0.15) is 49.3 Å². The Bertz CT molecular complexity index is 1640. The maximum Gasteiger partial charge on any atom is 0.416 e. The first-order valence-electron chi connectivity index (χ1n) is 14.6. The molecule has 0 saturated heterocycles. The fourth-order valence-corrected chi connectivity index (χ4v) is 5.85. The van der Waals surface area contributed by atoms with E-state index in [1.54, 1.807) is 10.9 Å². The smallest absolute Gasteiger partial charge is 0.416 e. The van der Waals surface area contributed by atoms with Crippen LogP contribution in [0.4, 0.5) is 35.2 Å². The first-order valence-corrected chi connectivity index (χ1v) is 14.6. The zero-order valence-electron chi connectivity index (χ0n) is 24.9. The van der Waals surface area contributed by atoms with Crippen molar-refractivity contribution in [1.29, 1.82) is 0 Å². The number of hydrogen-bond acceptors (Lipinski definition) is 6. The van der Waals surface area contributed by atoms with E-state index in [-0.39, 0.29) is 29.7 Å². The van der Waals surface area contributed by atoms with Crippen molar-refractivity contribution >= 4 is 40.1 Å². The third kappa shape index (κ3) is 7.76. The Morgan fingerprint density at radius 1 is 1.16 bits per heavy atom. The number of hydrogen-bond donors (Lipinski definition) is 2. The van der Waals surface area contributed by atoms with Crippen molar-refractivity contribution in [3.05, 3.63) is 66.0 Å². The number of fused-ring (bicyclic) bond motifs is 1. The van der Waals surface area contributed by atoms with Gasteiger partial charge in [-0.1, -0.05) is 18.2 Å². The molecule has 0 spiro atoms. The molecule has 2 N–H and O–H groups in total. The SMILES string of the molecule is CN(C)CC1CCC([n+]2cc(NC(=O)Nc3cc(N=C([O-])CCc4cn(C)c5ccccc45)cc(C(F)(F)F)c3)on2)CC1. The predicted octanol–water partition coefficient (Wildman–Crippen LogP) is 5.43. The standard InChI is InChI=1S/C31H36F3N7O3/c1-39(2)17-20-8-11-25(12-9-20)41-19-29(44-38-41)37-30(43)36-24-15-22(31(32,33)34)14-23(16-24)35-28(42)13-10-21-18-40(3)27-7-5-4-6-26(21)27/h4-7,14-16,18-20,25H,8-13,17H2,1-3H3,(H2-,35,36,37,38,42,43). The highest BCUT2D eigenvalue weighted by Crippen LogP contribution is 2.35. The largest absolute Gasteiger partial charge is 0.862 e. The predicted molar refractivity (Wildman–Crippen MR) is 159 cm³/mol. The molecule has 0 aliphatic heterocycles. The average Bonchev–Trinajstić information content (AvgIpc) is 3.55. The van der Waals surface area contributed by atoms with Gasteiger partial charge in [-0.2, -0.15) is 13.2 Å². The lowest BCUT2D eigenvalue weighted by molar-refractivity contribution is -0.787. The zero-order valence-corrected chi connectivity index (χ0v) is 24.9. The van der Waals surface area contributed by atoms with Crippen LogP contribution in [0.5, 0.6) is 0 Å². The molecule has 0 radical (unpaired) electrons. The summed E-state index contributed by atoms with van der Waals surface area (Å²) in [6.07, 6.45) is 3.14. The minimum absolute atomic E-state index is 0.0102. The highest BCUT2D eigenvalue weighted by atomic mass is 19.4. The minimum Gasteiger partial charge on any atom is -0.862 e. The lowest BCUT2D eigenvalue weighted by atomic mass is 9.86. The Balaban J connectivity index is 1.23. The number of nitrogens with zero attached hydrogens (tertiary/aromatic N) is 5. The van der Waals surface area contributed by atoms with E-state index in [1.807, 2.05) is 42.1 Å². The first-order chi connectivity index (χ1) is 20.9. The van der Waals surface area contributed by atoms with E-state index in [0.717, 1.165) is 60.8 Å². The molecule has 0 unspecified atom stereocenters. The summed E-state index contributed by atoms with van der Waals surface area (Å²) in [4.78, 5) is 18.8. The first kappa shape index (κ1) is 31.0. The number of benzene rings is 2. The zero-order chi connectivity index (χ0) is 31.4. The molecule has 2 heterocycles. The number of rotatable bonds is 9. The topological polar surface area (TPSA) is 115 Å². The number of carbonyl (C=O) groups excluding carboxylic acids is 1. The summed E-state index contributed by atoms with van der Waals surface area (Å²) in [6.45, 7) is 1.03. The van der Waals surface area contributed by atoms with Crippen LogP contribution in [0.2, 0.25) is 0 Å². The number of urea groups is 1. The van der Waals surface area contributed by atoms with Crippen molar-refractivity contribution in [3.8, 4) is 0 Å². The molecule has 44 heavy (non-hydrogen) atoms. The molecule has 4 aromatic rings. The molecule has 13 heteroatoms. The van der Waals surface area contributed by atoms with E-state index in [2.05, 4.69) is 39.9 Å². The molecule has 1 aliphatic carbocycles. The number of anilines is 2. The van der Waals surface area contributed by atoms with Crippen LogP contribution in [0.15, 0.2) is 64.4 Å². The highest BCUT2D eigenvalue weighted by molar-refractivity contribution is 5.99. The lowest BCUT2D eigenvalue weighted by Crippen LogP contribution is -2.43. The van der Waals surface area contributed by atoms with Crippen molar-refractivity contribution in [2.45, 2.75) is 50.7 Å². The second kappa shape index (κ2) is 13.1. The molecule has 1 saturated carbocycles. The summed E-state index contributed by atoms with van der Waals surface area (Å²) in [6, 6.07) is 9.86. The van der Waals surface area contributed by atoms with Crippen molar-refractivity contribution in [2.24, 2.45) is 18.0 Å². The van der Waals surface area contributed by atoms with E-state index >= 15 is 0 Å². The molecule has 0 bridgehead atoms. The Morgan fingerprint density at radius 2 is 1.91 bits per heavy atom. The molecule has 2 aromatic carbocycles. The number of alkyl halides is 3. The quantitative estimate of drug-likeness (QED) is 0.149. The normalized spacial score (nSPS) is 17.8. The van der Waals surface area contributed by atoms with Gasteiger partial charge in [-0.3, -0.25) is 14.8 Å². The van der Waals surface area contributed by atoms with Gasteiger partial charge in [0.15, 0.2) is 6.04 Å². The fraction of sp³-hybridized carbons (Fsp3) is 0.419. The number of nitrogens with one attached hydrogen (secondary N) is 2. The summed E-state index contributed by atoms with van der Waals surface area (Å²) >= 11 is 0. The van der Waals surface area contributed by atoms with Crippen molar-refractivity contribution in [2.75, 3.05) is 31.3 Å². The van der Waals surface area contributed by atoms with Crippen molar-refractivity contribution in [3.63, 3.8) is 0 Å². The van der Waals surface area contributed by atoms with Gasteiger partial charge >= 0.3 is 18.1 Å². The van der Waals surface area contributed by atoms with Gasteiger partial charge < -0.3 is 19.9 Å². The maximum atomic E-state index is 13.7. The van der Waals surface area contributed by atoms with Crippen LogP contribution in [0.25, 0.3) is 10.9 Å². The van der Waals surface area contributed by atoms with E-state index in [1.165, 1.54) is 6.07 Å². The summed E-state index contributed by atoms with van der Waals surface area (Å²) in [5.41, 5.74) is 0.533. The van der Waals surface area contributed by atoms with Crippen molar-refractivity contribution in [1.82, 2.24) is 14.7 Å². The molecule has 1 aliphatic rings. The van der Waals surface area contributed by atoms with E-state index < -0.39 is 23.7 Å². The van der Waals surface area contributed by atoms with Crippen LogP contribution in [-0.2, 0) is 19.6 Å². The number of aliphatic imine (C=N–C) groups is 1. The minimum atomic E-state index is -4.72. The Labute approximate surface area is 253 Å². The van der Waals surface area contributed by atoms with Gasteiger partial charge in [0.25, 0.3) is 6.20 Å². The van der Waals surface area contributed by atoms with Crippen LogP contribution in [-0.4, -0.2) is 47.3 Å². The summed E-state index contributed by atoms with van der Waals surface area (Å²) in [5, 5.41) is 22.6. The van der Waals surface area contributed by atoms with Crippen molar-refractivity contribution < 1.29 is 32.3 Å². The van der Waals surface area contributed by atoms with Crippen LogP contribution in [0, 0.1) is 5.92 Å². The molecule has 234 valence electrons.